The number of hydrogen-bond donors (Lipinski definition) is 1. The van der Waals surface area contributed by atoms with E-state index in [-0.39, 0.29) is 37.3 Å². The third kappa shape index (κ3) is 2.82. The average Bonchev–Trinajstić information content (AvgIpc) is 2.73. The van der Waals surface area contributed by atoms with Crippen molar-refractivity contribution < 1.29 is 14.7 Å². The van der Waals surface area contributed by atoms with Gasteiger partial charge in [-0.25, -0.2) is 0 Å². The van der Waals surface area contributed by atoms with Crippen molar-refractivity contribution in [1.29, 1.82) is 0 Å². The maximum absolute atomic E-state index is 12.9. The Morgan fingerprint density at radius 3 is 2.09 bits per heavy atom. The molecule has 5 fully saturated rings. The van der Waals surface area contributed by atoms with Crippen LogP contribution in [-0.2, 0) is 9.59 Å². The zero-order chi connectivity index (χ0) is 25.2. The molecule has 3 nitrogen and oxygen atoms in total. The van der Waals surface area contributed by atoms with Crippen molar-refractivity contribution >= 4 is 27.7 Å². The Bertz CT molecular complexity index is 924. The van der Waals surface area contributed by atoms with Crippen LogP contribution >= 0.6 is 15.9 Å². The molecule has 5 aliphatic carbocycles. The Hall–Kier alpha value is -0.380. The van der Waals surface area contributed by atoms with Gasteiger partial charge in [0, 0.05) is 16.2 Å². The predicted octanol–water partition coefficient (Wildman–Crippen LogP) is 8.04. The van der Waals surface area contributed by atoms with Gasteiger partial charge in [0.2, 0.25) is 0 Å². The molecule has 0 amide bonds. The summed E-state index contributed by atoms with van der Waals surface area (Å²) in [6, 6.07) is 0. The number of aliphatic carboxylic acids is 1. The zero-order valence-electron chi connectivity index (χ0n) is 22.7. The van der Waals surface area contributed by atoms with Gasteiger partial charge in [0.05, 0.1) is 5.41 Å². The molecular formula is C30H47BrO3. The highest BCUT2D eigenvalue weighted by atomic mass is 79.9. The summed E-state index contributed by atoms with van der Waals surface area (Å²) in [6.45, 7) is 16.7. The van der Waals surface area contributed by atoms with E-state index in [1.807, 2.05) is 0 Å². The van der Waals surface area contributed by atoms with Crippen LogP contribution in [0, 0.1) is 50.2 Å². The molecule has 34 heavy (non-hydrogen) atoms. The molecule has 0 spiro atoms. The van der Waals surface area contributed by atoms with Crippen LogP contribution in [0.25, 0.3) is 0 Å². The summed E-state index contributed by atoms with van der Waals surface area (Å²) in [7, 11) is 0. The van der Waals surface area contributed by atoms with Crippen LogP contribution in [0.3, 0.4) is 0 Å². The summed E-state index contributed by atoms with van der Waals surface area (Å²) in [5, 5.41) is 10.6. The quantitative estimate of drug-likeness (QED) is 0.346. The number of Topliss-reactive ketones (excluding diaryl/α,β-unsaturated/α-hetero) is 1. The molecule has 5 rings (SSSR count). The Balaban J connectivity index is 1.60. The number of carboxylic acids is 1. The molecule has 1 N–H and O–H groups in total. The van der Waals surface area contributed by atoms with Gasteiger partial charge in [-0.2, -0.15) is 0 Å². The molecule has 192 valence electrons. The van der Waals surface area contributed by atoms with Gasteiger partial charge in [-0.3, -0.25) is 9.59 Å². The van der Waals surface area contributed by atoms with Crippen LogP contribution in [0.2, 0.25) is 0 Å². The van der Waals surface area contributed by atoms with E-state index in [1.165, 1.54) is 0 Å². The second-order valence-corrected chi connectivity index (χ2v) is 16.7. The molecule has 5 aliphatic rings. The molecule has 5 saturated carbocycles. The highest BCUT2D eigenvalue weighted by Gasteiger charge is 2.75. The van der Waals surface area contributed by atoms with Crippen molar-refractivity contribution in [2.45, 2.75) is 123 Å². The number of carboxylic acid groups (broad SMARTS) is 1. The first-order chi connectivity index (χ1) is 15.5. The molecule has 0 aliphatic heterocycles. The molecule has 8 atom stereocenters. The largest absolute Gasteiger partial charge is 0.481 e. The van der Waals surface area contributed by atoms with Crippen LogP contribution in [0.5, 0.6) is 0 Å². The molecule has 0 aromatic rings. The number of rotatable bonds is 1. The number of hydrogen-bond acceptors (Lipinski definition) is 2. The van der Waals surface area contributed by atoms with E-state index < -0.39 is 11.4 Å². The number of halogens is 1. The van der Waals surface area contributed by atoms with E-state index in [1.54, 1.807) is 0 Å². The molecule has 0 radical (unpaired) electrons. The van der Waals surface area contributed by atoms with Gasteiger partial charge in [0.15, 0.2) is 0 Å². The second kappa shape index (κ2) is 7.13. The molecule has 0 heterocycles. The number of ketones is 1. The van der Waals surface area contributed by atoms with Gasteiger partial charge in [0.25, 0.3) is 0 Å². The lowest BCUT2D eigenvalue weighted by atomic mass is 9.31. The van der Waals surface area contributed by atoms with Crippen LogP contribution in [-0.4, -0.2) is 21.2 Å². The smallest absolute Gasteiger partial charge is 0.309 e. The summed E-state index contributed by atoms with van der Waals surface area (Å²) in [5.41, 5.74) is -0.215. The van der Waals surface area contributed by atoms with Gasteiger partial charge in [-0.15, -0.1) is 0 Å². The van der Waals surface area contributed by atoms with E-state index in [2.05, 4.69) is 64.4 Å². The molecular weight excluding hydrogens is 488 g/mol. The third-order valence-electron chi connectivity index (χ3n) is 13.5. The summed E-state index contributed by atoms with van der Waals surface area (Å²) < 4.78 is -0.136. The van der Waals surface area contributed by atoms with E-state index in [9.17, 15) is 14.7 Å². The number of carbonyl (C=O) groups excluding carboxylic acids is 1. The highest BCUT2D eigenvalue weighted by Crippen LogP contribution is 2.79. The summed E-state index contributed by atoms with van der Waals surface area (Å²) in [6.07, 6.45) is 10.9. The molecule has 4 heteroatoms. The van der Waals surface area contributed by atoms with Crippen molar-refractivity contribution in [2.75, 3.05) is 0 Å². The lowest BCUT2D eigenvalue weighted by Gasteiger charge is -2.75. The first-order valence-electron chi connectivity index (χ1n) is 14.0. The maximum atomic E-state index is 12.9. The number of carbonyl (C=O) groups is 2. The minimum atomic E-state index is -0.581. The van der Waals surface area contributed by atoms with Crippen LogP contribution in [0.15, 0.2) is 0 Å². The van der Waals surface area contributed by atoms with E-state index in [0.29, 0.717) is 17.6 Å². The maximum Gasteiger partial charge on any atom is 0.309 e. The molecule has 0 bridgehead atoms. The lowest BCUT2D eigenvalue weighted by molar-refractivity contribution is -0.231. The fourth-order valence-electron chi connectivity index (χ4n) is 11.1. The summed E-state index contributed by atoms with van der Waals surface area (Å²) in [5.74, 6) is 1.14. The highest BCUT2D eigenvalue weighted by molar-refractivity contribution is 9.10. The standard InChI is InChI=1S/C30H47BrO3/c1-24(2)14-16-29(23(33)34)17-15-28(7)27(6)12-8-19-25(3,4)22(32)10-11-26(19,5)20(27)9-13-30(28,31)21(29)18-24/h19-21H,8-18H2,1-7H3,(H,33,34)/t19-,20+,21+,26-,27+,28-,29-,30?/m0/s1. The van der Waals surface area contributed by atoms with Crippen molar-refractivity contribution in [3.8, 4) is 0 Å². The molecule has 0 aromatic carbocycles. The van der Waals surface area contributed by atoms with Crippen LogP contribution in [0.1, 0.15) is 119 Å². The van der Waals surface area contributed by atoms with Gasteiger partial charge >= 0.3 is 5.97 Å². The van der Waals surface area contributed by atoms with Crippen molar-refractivity contribution in [3.05, 3.63) is 0 Å². The average molecular weight is 536 g/mol. The number of fused-ring (bicyclic) bond motifs is 7. The monoisotopic (exact) mass is 534 g/mol. The SMILES string of the molecule is CC1(C)CC[C@]2(C(=O)O)CC[C@]3(C)C(Br)(CC[C@@H]4[C@@]5(C)CCC(=O)C(C)(C)[C@@H]5CC[C@]43C)[C@@H]2C1. The van der Waals surface area contributed by atoms with E-state index in [0.717, 1.165) is 70.6 Å². The summed E-state index contributed by atoms with van der Waals surface area (Å²) in [4.78, 5) is 25.8. The fourth-order valence-corrected chi connectivity index (χ4v) is 12.6. The van der Waals surface area contributed by atoms with Gasteiger partial charge < -0.3 is 5.11 Å². The Labute approximate surface area is 215 Å². The first kappa shape index (κ1) is 25.3. The number of alkyl halides is 1. The minimum Gasteiger partial charge on any atom is -0.481 e. The molecule has 1 unspecified atom stereocenters. The lowest BCUT2D eigenvalue weighted by Crippen LogP contribution is -2.72. The summed E-state index contributed by atoms with van der Waals surface area (Å²) >= 11 is 4.44. The third-order valence-corrected chi connectivity index (χ3v) is 15.3. The normalized spacial score (nSPS) is 53.6. The van der Waals surface area contributed by atoms with E-state index >= 15 is 0 Å². The zero-order valence-corrected chi connectivity index (χ0v) is 24.2. The van der Waals surface area contributed by atoms with Gasteiger partial charge in [-0.1, -0.05) is 64.4 Å². The van der Waals surface area contributed by atoms with Gasteiger partial charge in [0.1, 0.15) is 5.78 Å². The predicted molar refractivity (Wildman–Crippen MR) is 140 cm³/mol. The Morgan fingerprint density at radius 2 is 1.44 bits per heavy atom. The van der Waals surface area contributed by atoms with Crippen molar-refractivity contribution in [3.63, 3.8) is 0 Å². The Morgan fingerprint density at radius 1 is 0.824 bits per heavy atom. The van der Waals surface area contributed by atoms with Crippen LogP contribution in [0.4, 0.5) is 0 Å². The molecule has 0 saturated heterocycles. The first-order valence-corrected chi connectivity index (χ1v) is 14.8. The van der Waals surface area contributed by atoms with Crippen LogP contribution < -0.4 is 0 Å². The van der Waals surface area contributed by atoms with Gasteiger partial charge in [-0.05, 0) is 104 Å². The fraction of sp³-hybridized carbons (Fsp3) is 0.933. The van der Waals surface area contributed by atoms with Crippen molar-refractivity contribution in [1.82, 2.24) is 0 Å². The Kier molecular flexibility index (Phi) is 5.30. The minimum absolute atomic E-state index is 0.0551. The van der Waals surface area contributed by atoms with E-state index in [4.69, 9.17) is 0 Å². The molecule has 0 aromatic heterocycles. The van der Waals surface area contributed by atoms with Crippen molar-refractivity contribution in [2.24, 2.45) is 50.2 Å². The second-order valence-electron chi connectivity index (χ2n) is 15.3. The topological polar surface area (TPSA) is 54.4 Å².